The number of nitrogens with one attached hydrogen (secondary N) is 2. The zero-order valence-corrected chi connectivity index (χ0v) is 44.2. The van der Waals surface area contributed by atoms with E-state index in [1.54, 1.807) is 62.7 Å². The Hall–Kier alpha value is -6.80. The molecule has 9 rings (SSSR count). The highest BCUT2D eigenvalue weighted by Crippen LogP contribution is 2.46. The summed E-state index contributed by atoms with van der Waals surface area (Å²) in [5.74, 6) is -1.05. The highest BCUT2D eigenvalue weighted by molar-refractivity contribution is 8.01. The summed E-state index contributed by atoms with van der Waals surface area (Å²) in [5.41, 5.74) is -0.235. The summed E-state index contributed by atoms with van der Waals surface area (Å²) in [6.07, 6.45) is 3.44. The van der Waals surface area contributed by atoms with E-state index >= 15 is 0 Å². The van der Waals surface area contributed by atoms with Crippen LogP contribution in [0.25, 0.3) is 10.2 Å². The summed E-state index contributed by atoms with van der Waals surface area (Å²) in [5, 5.41) is 12.6. The van der Waals surface area contributed by atoms with E-state index < -0.39 is 51.4 Å². The van der Waals surface area contributed by atoms with E-state index in [4.69, 9.17) is 29.0 Å². The fourth-order valence-corrected chi connectivity index (χ4v) is 13.0. The predicted octanol–water partition coefficient (Wildman–Crippen LogP) is 9.32. The molecule has 0 radical (unpaired) electrons. The van der Waals surface area contributed by atoms with Crippen molar-refractivity contribution in [1.29, 1.82) is 0 Å². The third kappa shape index (κ3) is 11.1. The number of fused-ring (bicyclic) bond motifs is 2. The number of thioether (sulfide) groups is 2. The highest BCUT2D eigenvalue weighted by atomic mass is 32.2. The molecule has 2 amide bonds. The summed E-state index contributed by atoms with van der Waals surface area (Å²) < 4.78 is 18.6. The molecule has 0 aliphatic carbocycles. The summed E-state index contributed by atoms with van der Waals surface area (Å²) >= 11 is 5.55. The third-order valence-electron chi connectivity index (χ3n) is 12.2. The van der Waals surface area contributed by atoms with Crippen LogP contribution in [0, 0.1) is 5.41 Å². The minimum atomic E-state index is -1.63. The van der Waals surface area contributed by atoms with Crippen molar-refractivity contribution < 1.29 is 38.2 Å². The lowest BCUT2D eigenvalue weighted by atomic mass is 9.77. The molecule has 2 fully saturated rings. The molecule has 2 aliphatic rings. The van der Waals surface area contributed by atoms with Crippen molar-refractivity contribution in [2.75, 3.05) is 30.5 Å². The Bertz CT molecular complexity index is 3000. The average molecular weight is 1060 g/mol. The number of methoxy groups -OCH3 is 1. The first-order chi connectivity index (χ1) is 35.1. The first-order valence-electron chi connectivity index (χ1n) is 23.3. The van der Waals surface area contributed by atoms with Gasteiger partial charge in [-0.1, -0.05) is 120 Å². The lowest BCUT2D eigenvalue weighted by molar-refractivity contribution is -0.179. The Morgan fingerprint density at radius 3 is 2.11 bits per heavy atom. The van der Waals surface area contributed by atoms with Gasteiger partial charge in [-0.3, -0.25) is 19.4 Å². The van der Waals surface area contributed by atoms with Crippen LogP contribution in [0.4, 0.5) is 5.13 Å². The Balaban J connectivity index is 0.986. The Kier molecular flexibility index (Phi) is 14.9. The molecule has 0 spiro atoms. The number of pyridine rings is 1. The first-order valence-corrected chi connectivity index (χ1v) is 27.1. The topological polar surface area (TPSA) is 184 Å². The number of nitrogens with zero attached hydrogens (tertiary/aromatic N) is 5. The molecule has 4 aromatic carbocycles. The maximum Gasteiger partial charge on any atom is 0.353 e. The van der Waals surface area contributed by atoms with Gasteiger partial charge in [0.1, 0.15) is 46.0 Å². The number of thiazole rings is 2. The minimum absolute atomic E-state index is 0.0251. The van der Waals surface area contributed by atoms with Crippen molar-refractivity contribution in [2.45, 2.75) is 73.7 Å². The minimum Gasteiger partial charge on any atom is -0.497 e. The zero-order valence-electron chi connectivity index (χ0n) is 40.9. The van der Waals surface area contributed by atoms with Crippen molar-refractivity contribution in [1.82, 2.24) is 25.2 Å². The number of hydrogen-bond acceptors (Lipinski definition) is 17. The number of esters is 2. The molecule has 15 nitrogen and oxygen atoms in total. The number of ether oxygens (including phenoxy) is 3. The SMILES string of the molecule is COc1ccc(COC(=O)C2(CSc3nc4ccncc4s3)CS[C@@H]3C(NC(=O)C(=NOC(C)(C)C(=O)OC(C)(C)C)c4csc(NC(c5ccccc5)(c5ccccc5)c5ccccc5)n4)C(=O)N3C2)cc1. The van der Waals surface area contributed by atoms with Crippen LogP contribution >= 0.6 is 46.2 Å². The lowest BCUT2D eigenvalue weighted by Crippen LogP contribution is -2.74. The van der Waals surface area contributed by atoms with Crippen molar-refractivity contribution >= 4 is 91.0 Å². The van der Waals surface area contributed by atoms with Crippen LogP contribution in [-0.2, 0) is 45.6 Å². The van der Waals surface area contributed by atoms with E-state index in [1.807, 2.05) is 109 Å². The third-order valence-corrected chi connectivity index (χ3v) is 17.0. The largest absolute Gasteiger partial charge is 0.497 e. The van der Waals surface area contributed by atoms with E-state index in [2.05, 4.69) is 20.8 Å². The van der Waals surface area contributed by atoms with Gasteiger partial charge in [0, 0.05) is 35.8 Å². The van der Waals surface area contributed by atoms with Crippen molar-refractivity contribution in [3.05, 3.63) is 167 Å². The molecule has 7 aromatic rings. The number of rotatable bonds is 18. The van der Waals surface area contributed by atoms with E-state index in [0.29, 0.717) is 10.9 Å². The number of aromatic nitrogens is 3. The quantitative estimate of drug-likeness (QED) is 0.0207. The van der Waals surface area contributed by atoms with Crippen LogP contribution in [0.2, 0.25) is 0 Å². The number of β-lactam (4-membered cyclic amide) rings is 1. The molecule has 0 bridgehead atoms. The molecular weight excluding hydrogens is 1000 g/mol. The van der Waals surface area contributed by atoms with Crippen molar-refractivity contribution in [2.24, 2.45) is 10.6 Å². The zero-order chi connectivity index (χ0) is 51.4. The van der Waals surface area contributed by atoms with E-state index in [9.17, 15) is 19.2 Å². The van der Waals surface area contributed by atoms with Gasteiger partial charge in [-0.15, -0.1) is 34.4 Å². The number of carbonyl (C=O) groups excluding carboxylic acids is 4. The number of carbonyl (C=O) groups is 4. The van der Waals surface area contributed by atoms with Crippen LogP contribution in [0.3, 0.4) is 0 Å². The normalized spacial score (nSPS) is 18.0. The fourth-order valence-electron chi connectivity index (χ4n) is 8.33. The molecule has 376 valence electrons. The van der Waals surface area contributed by atoms with Gasteiger partial charge in [-0.05, 0) is 75.1 Å². The molecule has 0 saturated carbocycles. The first kappa shape index (κ1) is 51.1. The number of oxime groups is 1. The van der Waals surface area contributed by atoms with Gasteiger partial charge >= 0.3 is 11.9 Å². The van der Waals surface area contributed by atoms with Crippen LogP contribution < -0.4 is 15.4 Å². The second-order valence-corrected chi connectivity index (χ2v) is 23.2. The Morgan fingerprint density at radius 2 is 1.51 bits per heavy atom. The van der Waals surface area contributed by atoms with E-state index in [-0.39, 0.29) is 42.0 Å². The fraction of sp³-hybridized carbons (Fsp3) is 0.296. The van der Waals surface area contributed by atoms with E-state index in [1.165, 1.54) is 60.0 Å². The average Bonchev–Trinajstić information content (AvgIpc) is 4.05. The van der Waals surface area contributed by atoms with Gasteiger partial charge < -0.3 is 34.6 Å². The monoisotopic (exact) mass is 1060 g/mol. The molecule has 2 unspecified atom stereocenters. The number of benzene rings is 4. The van der Waals surface area contributed by atoms with Crippen LogP contribution in [0.1, 0.15) is 62.6 Å². The standard InChI is InChI=1S/C54H53N7O8S4/c1-51(2,3)68-47(64)52(4,5)69-60-42(40-30-70-49(56-40)59-54(35-16-10-7-11-17-35,36-18-12-8-13-19-36)37-20-14-9-15-21-37)44(62)58-43-45(63)61-31-53(32-71-46(43)61,33-72-50-57-39-26-27-55-28-41(39)73-50)48(65)67-29-34-22-24-38(66-6)25-23-34/h7-28,30,43,46H,29,31-33H2,1-6H3,(H,56,59)(H,58,62)/t43?,46-,53?/m1/s1. The number of anilines is 1. The van der Waals surface area contributed by atoms with Gasteiger partial charge in [0.05, 0.1) is 17.3 Å². The highest BCUT2D eigenvalue weighted by Gasteiger charge is 2.58. The maximum atomic E-state index is 14.7. The summed E-state index contributed by atoms with van der Waals surface area (Å²) in [6.45, 7) is 8.29. The Morgan fingerprint density at radius 1 is 0.863 bits per heavy atom. The van der Waals surface area contributed by atoms with Crippen LogP contribution in [0.15, 0.2) is 149 Å². The van der Waals surface area contributed by atoms with Crippen molar-refractivity contribution in [3.63, 3.8) is 0 Å². The summed E-state index contributed by atoms with van der Waals surface area (Å²) in [6, 6.07) is 38.2. The van der Waals surface area contributed by atoms with Gasteiger partial charge in [-0.2, -0.15) is 0 Å². The molecule has 2 aliphatic heterocycles. The summed E-state index contributed by atoms with van der Waals surface area (Å²) in [7, 11) is 1.58. The second kappa shape index (κ2) is 21.3. The summed E-state index contributed by atoms with van der Waals surface area (Å²) in [4.78, 5) is 78.1. The number of hydrogen-bond donors (Lipinski definition) is 2. The van der Waals surface area contributed by atoms with E-state index in [0.717, 1.165) is 36.8 Å². The number of amides is 2. The van der Waals surface area contributed by atoms with Crippen LogP contribution in [0.5, 0.6) is 5.75 Å². The molecule has 2 saturated heterocycles. The Labute approximate surface area is 439 Å². The molecule has 3 atom stereocenters. The molecular formula is C54H53N7O8S4. The van der Waals surface area contributed by atoms with Crippen molar-refractivity contribution in [3.8, 4) is 5.75 Å². The van der Waals surface area contributed by atoms with Gasteiger partial charge in [0.15, 0.2) is 15.2 Å². The lowest BCUT2D eigenvalue weighted by Gasteiger charge is -2.54. The molecule has 19 heteroatoms. The predicted molar refractivity (Wildman–Crippen MR) is 286 cm³/mol. The smallest absolute Gasteiger partial charge is 0.353 e. The molecule has 2 N–H and O–H groups in total. The molecule has 5 heterocycles. The maximum absolute atomic E-state index is 14.7. The van der Waals surface area contributed by atoms with Crippen LogP contribution in [-0.4, -0.2) is 97.1 Å². The van der Waals surface area contributed by atoms with Gasteiger partial charge in [-0.25, -0.2) is 14.8 Å². The van der Waals surface area contributed by atoms with Gasteiger partial charge in [0.25, 0.3) is 5.91 Å². The molecule has 3 aromatic heterocycles. The van der Waals surface area contributed by atoms with Gasteiger partial charge in [0.2, 0.25) is 11.5 Å². The second-order valence-electron chi connectivity index (χ2n) is 19.0. The molecule has 73 heavy (non-hydrogen) atoms.